The largest absolute Gasteiger partial charge is 0.490 e. The number of hydrogen-bond acceptors (Lipinski definition) is 4. The fraction of sp³-hybridized carbons (Fsp3) is 0.360. The Balaban J connectivity index is 1.17. The van der Waals surface area contributed by atoms with Crippen molar-refractivity contribution in [2.45, 2.75) is 37.8 Å². The Morgan fingerprint density at radius 1 is 1.26 bits per heavy atom. The number of thiophene rings is 1. The maximum atomic E-state index is 10.6. The molecule has 3 heterocycles. The summed E-state index contributed by atoms with van der Waals surface area (Å²) in [5.41, 5.74) is 1.05. The highest BCUT2D eigenvalue weighted by Gasteiger charge is 2.28. The molecule has 0 unspecified atom stereocenters. The van der Waals surface area contributed by atoms with Crippen LogP contribution in [-0.4, -0.2) is 46.8 Å². The second-order valence-electron chi connectivity index (χ2n) is 8.56. The molecule has 1 aliphatic heterocycles. The molecular formula is C25H27ClN2O2S. The number of β-amino-alcohol motifs (C(OH)–C–C–N with tert-alkyl or cyclic N) is 1. The van der Waals surface area contributed by atoms with Crippen LogP contribution >= 0.6 is 22.9 Å². The highest BCUT2D eigenvalue weighted by Crippen LogP contribution is 2.39. The highest BCUT2D eigenvalue weighted by molar-refractivity contribution is 7.19. The first kappa shape index (κ1) is 20.8. The van der Waals surface area contributed by atoms with Crippen LogP contribution in [0.1, 0.15) is 30.6 Å². The molecule has 0 radical (unpaired) electrons. The first-order chi connectivity index (χ1) is 15.1. The van der Waals surface area contributed by atoms with Gasteiger partial charge in [0, 0.05) is 44.3 Å². The molecule has 5 rings (SSSR count). The lowest BCUT2D eigenvalue weighted by molar-refractivity contribution is 0.0408. The van der Waals surface area contributed by atoms with E-state index in [2.05, 4.69) is 35.0 Å². The number of benzene rings is 2. The van der Waals surface area contributed by atoms with Gasteiger partial charge in [-0.3, -0.25) is 4.90 Å². The number of ether oxygens (including phenoxy) is 1. The fourth-order valence-corrected chi connectivity index (χ4v) is 6.16. The summed E-state index contributed by atoms with van der Waals surface area (Å²) in [6.07, 6.45) is 3.61. The molecule has 31 heavy (non-hydrogen) atoms. The number of aromatic amines is 1. The Kier molecular flexibility index (Phi) is 5.93. The van der Waals surface area contributed by atoms with Gasteiger partial charge in [0.15, 0.2) is 0 Å². The molecule has 4 aromatic rings. The molecule has 2 N–H and O–H groups in total. The van der Waals surface area contributed by atoms with Crippen molar-refractivity contribution in [2.24, 2.45) is 0 Å². The van der Waals surface area contributed by atoms with Crippen LogP contribution in [-0.2, 0) is 0 Å². The van der Waals surface area contributed by atoms with Crippen LogP contribution in [0.15, 0.2) is 54.7 Å². The molecule has 162 valence electrons. The van der Waals surface area contributed by atoms with E-state index in [0.29, 0.717) is 25.1 Å². The first-order valence-electron chi connectivity index (χ1n) is 10.9. The number of piperidine rings is 1. The van der Waals surface area contributed by atoms with E-state index in [4.69, 9.17) is 16.3 Å². The van der Waals surface area contributed by atoms with E-state index in [-0.39, 0.29) is 0 Å². The minimum atomic E-state index is -0.514. The third-order valence-corrected chi connectivity index (χ3v) is 7.84. The first-order valence-corrected chi connectivity index (χ1v) is 12.1. The van der Waals surface area contributed by atoms with Gasteiger partial charge in [-0.25, -0.2) is 0 Å². The molecule has 2 aromatic heterocycles. The van der Waals surface area contributed by atoms with Crippen molar-refractivity contribution >= 4 is 43.9 Å². The molecule has 0 saturated carbocycles. The molecule has 0 spiro atoms. The second-order valence-corrected chi connectivity index (χ2v) is 10.1. The Morgan fingerprint density at radius 3 is 3.03 bits per heavy atom. The lowest BCUT2D eigenvalue weighted by Gasteiger charge is -2.38. The summed E-state index contributed by atoms with van der Waals surface area (Å²) < 4.78 is 7.21. The van der Waals surface area contributed by atoms with Gasteiger partial charge in [0.25, 0.3) is 0 Å². The monoisotopic (exact) mass is 454 g/mol. The van der Waals surface area contributed by atoms with Crippen LogP contribution in [0.25, 0.3) is 21.0 Å². The number of aromatic nitrogens is 1. The SMILES string of the molecule is C[C@@H]1C[C@@H](c2cc3ccc(Cl)cc3s2)CCN1C[C@H](O)COc1cccc2[nH]ccc12. The second kappa shape index (κ2) is 8.83. The maximum absolute atomic E-state index is 10.6. The molecule has 0 amide bonds. The van der Waals surface area contributed by atoms with E-state index in [1.165, 1.54) is 15.0 Å². The summed E-state index contributed by atoms with van der Waals surface area (Å²) in [7, 11) is 0. The predicted octanol–water partition coefficient (Wildman–Crippen LogP) is 6.04. The van der Waals surface area contributed by atoms with E-state index in [1.54, 1.807) is 0 Å². The standard InChI is InChI=1S/C25H27ClN2O2S/c1-16-11-18(24-12-17-5-6-19(26)13-25(17)31-24)8-10-28(16)14-20(29)15-30-23-4-2-3-22-21(23)7-9-27-22/h2-7,9,12-13,16,18,20,27,29H,8,10-11,14-15H2,1H3/t16-,18+,20+/m1/s1. The number of nitrogens with zero attached hydrogens (tertiary/aromatic N) is 1. The van der Waals surface area contributed by atoms with Crippen LogP contribution in [0.5, 0.6) is 5.75 Å². The summed E-state index contributed by atoms with van der Waals surface area (Å²) in [4.78, 5) is 7.04. The van der Waals surface area contributed by atoms with Crippen LogP contribution in [0.2, 0.25) is 5.02 Å². The lowest BCUT2D eigenvalue weighted by atomic mass is 9.90. The van der Waals surface area contributed by atoms with Crippen molar-refractivity contribution < 1.29 is 9.84 Å². The molecule has 2 aromatic carbocycles. The van der Waals surface area contributed by atoms with Crippen LogP contribution in [0.3, 0.4) is 0 Å². The minimum Gasteiger partial charge on any atom is -0.490 e. The van der Waals surface area contributed by atoms with Crippen molar-refractivity contribution in [1.29, 1.82) is 0 Å². The van der Waals surface area contributed by atoms with Crippen LogP contribution < -0.4 is 4.74 Å². The van der Waals surface area contributed by atoms with Gasteiger partial charge in [-0.05, 0) is 74.0 Å². The average molecular weight is 455 g/mol. The minimum absolute atomic E-state index is 0.300. The molecule has 1 aliphatic rings. The van der Waals surface area contributed by atoms with Gasteiger partial charge < -0.3 is 14.8 Å². The Labute approximate surface area is 191 Å². The number of fused-ring (bicyclic) bond motifs is 2. The van der Waals surface area contributed by atoms with Crippen molar-refractivity contribution in [3.05, 3.63) is 64.6 Å². The molecule has 3 atom stereocenters. The molecular weight excluding hydrogens is 428 g/mol. The number of halogens is 1. The summed E-state index contributed by atoms with van der Waals surface area (Å²) >= 11 is 8.02. The van der Waals surface area contributed by atoms with Gasteiger partial charge in [0.1, 0.15) is 18.5 Å². The van der Waals surface area contributed by atoms with Gasteiger partial charge in [-0.15, -0.1) is 11.3 Å². The highest BCUT2D eigenvalue weighted by atomic mass is 35.5. The number of H-pyrrole nitrogens is 1. The molecule has 1 saturated heterocycles. The summed E-state index contributed by atoms with van der Waals surface area (Å²) in [6, 6.07) is 16.8. The Hall–Kier alpha value is -2.05. The van der Waals surface area contributed by atoms with Gasteiger partial charge >= 0.3 is 0 Å². The summed E-state index contributed by atoms with van der Waals surface area (Å²) in [5.74, 6) is 1.39. The summed E-state index contributed by atoms with van der Waals surface area (Å²) in [6.45, 7) is 4.20. The van der Waals surface area contributed by atoms with Crippen LogP contribution in [0.4, 0.5) is 0 Å². The number of nitrogens with one attached hydrogen (secondary N) is 1. The number of aliphatic hydroxyl groups excluding tert-OH is 1. The van der Waals surface area contributed by atoms with Gasteiger partial charge in [-0.2, -0.15) is 0 Å². The quantitative estimate of drug-likeness (QED) is 0.373. The molecule has 0 bridgehead atoms. The average Bonchev–Trinajstić information content (AvgIpc) is 3.40. The normalized spacial score (nSPS) is 21.0. The molecule has 0 aliphatic carbocycles. The van der Waals surface area contributed by atoms with E-state index < -0.39 is 6.10 Å². The van der Waals surface area contributed by atoms with Crippen molar-refractivity contribution in [3.8, 4) is 5.75 Å². The zero-order valence-electron chi connectivity index (χ0n) is 17.6. The number of rotatable bonds is 6. The Bertz CT molecular complexity index is 1190. The van der Waals surface area contributed by atoms with Gasteiger partial charge in [0.2, 0.25) is 0 Å². The van der Waals surface area contributed by atoms with E-state index in [1.807, 2.05) is 47.9 Å². The molecule has 4 nitrogen and oxygen atoms in total. The third kappa shape index (κ3) is 4.46. The molecule has 1 fully saturated rings. The number of aliphatic hydroxyl groups is 1. The predicted molar refractivity (Wildman–Crippen MR) is 130 cm³/mol. The van der Waals surface area contributed by atoms with Crippen LogP contribution in [0, 0.1) is 0 Å². The van der Waals surface area contributed by atoms with Gasteiger partial charge in [0.05, 0.1) is 0 Å². The molecule has 6 heteroatoms. The number of hydrogen-bond donors (Lipinski definition) is 2. The number of likely N-dealkylation sites (tertiary alicyclic amines) is 1. The fourth-order valence-electron chi connectivity index (χ4n) is 4.67. The smallest absolute Gasteiger partial charge is 0.128 e. The zero-order chi connectivity index (χ0) is 21.4. The van der Waals surface area contributed by atoms with Gasteiger partial charge in [-0.1, -0.05) is 23.7 Å². The van der Waals surface area contributed by atoms with Crippen molar-refractivity contribution in [2.75, 3.05) is 19.7 Å². The summed E-state index contributed by atoms with van der Waals surface area (Å²) in [5, 5.41) is 13.8. The van der Waals surface area contributed by atoms with E-state index in [9.17, 15) is 5.11 Å². The maximum Gasteiger partial charge on any atom is 0.128 e. The topological polar surface area (TPSA) is 48.5 Å². The van der Waals surface area contributed by atoms with Crippen molar-refractivity contribution in [1.82, 2.24) is 9.88 Å². The lowest BCUT2D eigenvalue weighted by Crippen LogP contribution is -2.45. The third-order valence-electron chi connectivity index (χ3n) is 6.35. The van der Waals surface area contributed by atoms with E-state index in [0.717, 1.165) is 41.1 Å². The zero-order valence-corrected chi connectivity index (χ0v) is 19.1. The van der Waals surface area contributed by atoms with E-state index >= 15 is 0 Å². The Morgan fingerprint density at radius 2 is 2.16 bits per heavy atom. The van der Waals surface area contributed by atoms with Crippen molar-refractivity contribution in [3.63, 3.8) is 0 Å².